The highest BCUT2D eigenvalue weighted by molar-refractivity contribution is 7.22. The Kier molecular flexibility index (Phi) is 5.24. The smallest absolute Gasteiger partial charge is 0.353 e. The van der Waals surface area contributed by atoms with Crippen molar-refractivity contribution in [1.29, 1.82) is 0 Å². The topological polar surface area (TPSA) is 115 Å². The molecule has 0 radical (unpaired) electrons. The molecular weight excluding hydrogens is 356 g/mol. The van der Waals surface area contributed by atoms with E-state index in [0.29, 0.717) is 11.7 Å². The molecule has 0 bridgehead atoms. The van der Waals surface area contributed by atoms with Crippen molar-refractivity contribution in [2.45, 2.75) is 19.9 Å². The van der Waals surface area contributed by atoms with Crippen molar-refractivity contribution in [1.82, 2.24) is 15.0 Å². The summed E-state index contributed by atoms with van der Waals surface area (Å²) in [5, 5.41) is 18.0. The summed E-state index contributed by atoms with van der Waals surface area (Å²) in [5.41, 5.74) is 1.72. The molecule has 3 rings (SSSR count). The van der Waals surface area contributed by atoms with Crippen molar-refractivity contribution in [3.63, 3.8) is 0 Å². The molecule has 1 atom stereocenters. The van der Waals surface area contributed by atoms with Crippen LogP contribution in [0, 0.1) is 17.0 Å². The zero-order valence-corrected chi connectivity index (χ0v) is 15.3. The highest BCUT2D eigenvalue weighted by Crippen LogP contribution is 2.34. The van der Waals surface area contributed by atoms with E-state index in [1.807, 2.05) is 32.0 Å². The largest absolute Gasteiger partial charge is 0.383 e. The van der Waals surface area contributed by atoms with E-state index in [1.165, 1.54) is 17.7 Å². The molecule has 3 aromatic rings. The van der Waals surface area contributed by atoms with Gasteiger partial charge in [-0.2, -0.15) is 0 Å². The Labute approximate surface area is 153 Å². The quantitative estimate of drug-likeness (QED) is 0.477. The third kappa shape index (κ3) is 3.86. The third-order valence-electron chi connectivity index (χ3n) is 3.57. The van der Waals surface area contributed by atoms with Crippen LogP contribution in [0.1, 0.15) is 12.5 Å². The van der Waals surface area contributed by atoms with Crippen LogP contribution in [0.25, 0.3) is 10.2 Å². The van der Waals surface area contributed by atoms with E-state index < -0.39 is 4.92 Å². The molecule has 0 spiro atoms. The fourth-order valence-electron chi connectivity index (χ4n) is 2.46. The van der Waals surface area contributed by atoms with E-state index >= 15 is 0 Å². The maximum Gasteiger partial charge on any atom is 0.353 e. The molecule has 0 aliphatic rings. The lowest BCUT2D eigenvalue weighted by Gasteiger charge is -2.14. The van der Waals surface area contributed by atoms with Gasteiger partial charge in [0.2, 0.25) is 11.6 Å². The molecule has 0 aliphatic carbocycles. The predicted octanol–water partition coefficient (Wildman–Crippen LogP) is 3.49. The van der Waals surface area contributed by atoms with Crippen molar-refractivity contribution < 1.29 is 9.66 Å². The zero-order chi connectivity index (χ0) is 18.7. The number of hydrogen-bond donors (Lipinski definition) is 2. The second-order valence-electron chi connectivity index (χ2n) is 5.79. The summed E-state index contributed by atoms with van der Waals surface area (Å²) in [4.78, 5) is 23.6. The Morgan fingerprint density at radius 2 is 2.12 bits per heavy atom. The monoisotopic (exact) mass is 374 g/mol. The number of methoxy groups -OCH3 is 1. The number of fused-ring (bicyclic) bond motifs is 1. The summed E-state index contributed by atoms with van der Waals surface area (Å²) in [5.74, 6) is 0.224. The van der Waals surface area contributed by atoms with Crippen molar-refractivity contribution >= 4 is 44.0 Å². The van der Waals surface area contributed by atoms with Crippen LogP contribution in [0.15, 0.2) is 24.5 Å². The number of benzene rings is 1. The summed E-state index contributed by atoms with van der Waals surface area (Å²) in [7, 11) is 1.56. The van der Waals surface area contributed by atoms with Gasteiger partial charge in [0.1, 0.15) is 6.33 Å². The van der Waals surface area contributed by atoms with E-state index in [4.69, 9.17) is 4.74 Å². The fourth-order valence-corrected chi connectivity index (χ4v) is 3.42. The molecule has 0 aliphatic heterocycles. The van der Waals surface area contributed by atoms with Gasteiger partial charge in [0.15, 0.2) is 5.13 Å². The first kappa shape index (κ1) is 18.0. The molecule has 2 aromatic heterocycles. The van der Waals surface area contributed by atoms with E-state index in [1.54, 1.807) is 7.11 Å². The molecule has 2 N–H and O–H groups in total. The molecule has 10 heteroatoms. The Bertz CT molecular complexity index is 945. The van der Waals surface area contributed by atoms with Crippen molar-refractivity contribution in [2.24, 2.45) is 0 Å². The average Bonchev–Trinajstić information content (AvgIpc) is 2.96. The lowest BCUT2D eigenvalue weighted by molar-refractivity contribution is -0.383. The lowest BCUT2D eigenvalue weighted by atomic mass is 10.2. The van der Waals surface area contributed by atoms with E-state index in [2.05, 4.69) is 25.6 Å². The van der Waals surface area contributed by atoms with Crippen LogP contribution in [0.2, 0.25) is 0 Å². The number of hydrogen-bond acceptors (Lipinski definition) is 9. The highest BCUT2D eigenvalue weighted by atomic mass is 32.1. The van der Waals surface area contributed by atoms with Gasteiger partial charge in [-0.3, -0.25) is 10.1 Å². The number of ether oxygens (including phenoxy) is 1. The van der Waals surface area contributed by atoms with Crippen LogP contribution in [0.5, 0.6) is 0 Å². The molecule has 0 saturated carbocycles. The second-order valence-corrected chi connectivity index (χ2v) is 6.82. The number of nitrogens with zero attached hydrogens (tertiary/aromatic N) is 4. The van der Waals surface area contributed by atoms with Crippen LogP contribution in [-0.2, 0) is 4.74 Å². The second kappa shape index (κ2) is 7.58. The van der Waals surface area contributed by atoms with Crippen molar-refractivity contribution in [2.75, 3.05) is 24.4 Å². The molecule has 2 heterocycles. The summed E-state index contributed by atoms with van der Waals surface area (Å²) in [6, 6.07) is 5.76. The number of nitrogens with one attached hydrogen (secondary N) is 2. The molecule has 1 unspecified atom stereocenters. The molecule has 136 valence electrons. The minimum atomic E-state index is -0.512. The first-order valence-corrected chi connectivity index (χ1v) is 8.68. The number of rotatable bonds is 7. The van der Waals surface area contributed by atoms with Gasteiger partial charge >= 0.3 is 5.69 Å². The number of aryl methyl sites for hydroxylation is 1. The maximum absolute atomic E-state index is 11.6. The summed E-state index contributed by atoms with van der Waals surface area (Å²) in [6.07, 6.45) is 1.27. The minimum absolute atomic E-state index is 0.0906. The third-order valence-corrected chi connectivity index (χ3v) is 4.51. The molecular formula is C16H18N6O3S. The van der Waals surface area contributed by atoms with E-state index in [9.17, 15) is 10.1 Å². The van der Waals surface area contributed by atoms with Gasteiger partial charge in [0, 0.05) is 13.2 Å². The van der Waals surface area contributed by atoms with Crippen molar-refractivity contribution in [3.8, 4) is 0 Å². The molecule has 0 saturated heterocycles. The Balaban J connectivity index is 1.94. The molecule has 1 aromatic carbocycles. The number of thiazole rings is 1. The first-order valence-electron chi connectivity index (χ1n) is 7.87. The average molecular weight is 374 g/mol. The molecule has 9 nitrogen and oxygen atoms in total. The summed E-state index contributed by atoms with van der Waals surface area (Å²) in [6.45, 7) is 4.24. The SMILES string of the molecule is COCC(C)Nc1ncnc(Nc2nc3ccc(C)cc3s2)c1[N+](=O)[O-]. The van der Waals surface area contributed by atoms with Crippen LogP contribution < -0.4 is 10.6 Å². The van der Waals surface area contributed by atoms with Gasteiger partial charge in [-0.25, -0.2) is 15.0 Å². The standard InChI is InChI=1S/C16H18N6O3S/c1-9-4-5-11-12(6-9)26-16(20-11)21-15-13(22(23)24)14(17-8-18-15)19-10(2)7-25-3/h4-6,8,10H,7H2,1-3H3,(H2,17,18,19,20,21). The summed E-state index contributed by atoms with van der Waals surface area (Å²) < 4.78 is 6.04. The normalized spacial score (nSPS) is 12.1. The number of anilines is 3. The molecule has 26 heavy (non-hydrogen) atoms. The first-order chi connectivity index (χ1) is 12.5. The van der Waals surface area contributed by atoms with Crippen LogP contribution >= 0.6 is 11.3 Å². The molecule has 0 amide bonds. The van der Waals surface area contributed by atoms with E-state index in [-0.39, 0.29) is 23.4 Å². The van der Waals surface area contributed by atoms with Crippen LogP contribution in [0.3, 0.4) is 0 Å². The van der Waals surface area contributed by atoms with E-state index in [0.717, 1.165) is 15.8 Å². The lowest BCUT2D eigenvalue weighted by Crippen LogP contribution is -2.22. The minimum Gasteiger partial charge on any atom is -0.383 e. The Morgan fingerprint density at radius 3 is 2.85 bits per heavy atom. The van der Waals surface area contributed by atoms with Crippen molar-refractivity contribution in [3.05, 3.63) is 40.2 Å². The van der Waals surface area contributed by atoms with Gasteiger partial charge in [-0.1, -0.05) is 17.4 Å². The van der Waals surface area contributed by atoms with Gasteiger partial charge in [0.05, 0.1) is 21.7 Å². The zero-order valence-electron chi connectivity index (χ0n) is 14.5. The van der Waals surface area contributed by atoms with Gasteiger partial charge < -0.3 is 15.4 Å². The molecule has 0 fully saturated rings. The fraction of sp³-hybridized carbons (Fsp3) is 0.312. The maximum atomic E-state index is 11.6. The summed E-state index contributed by atoms with van der Waals surface area (Å²) >= 11 is 1.41. The number of aromatic nitrogens is 3. The van der Waals surface area contributed by atoms with Gasteiger partial charge in [-0.15, -0.1) is 0 Å². The predicted molar refractivity (Wildman–Crippen MR) is 101 cm³/mol. The van der Waals surface area contributed by atoms with Gasteiger partial charge in [-0.05, 0) is 31.5 Å². The Morgan fingerprint density at radius 1 is 1.35 bits per heavy atom. The number of nitro groups is 1. The van der Waals surface area contributed by atoms with Gasteiger partial charge in [0.25, 0.3) is 0 Å². The highest BCUT2D eigenvalue weighted by Gasteiger charge is 2.24. The van der Waals surface area contributed by atoms with Crippen LogP contribution in [-0.4, -0.2) is 39.6 Å². The van der Waals surface area contributed by atoms with Crippen LogP contribution in [0.4, 0.5) is 22.5 Å². The Hall–Kier alpha value is -2.85.